The van der Waals surface area contributed by atoms with Crippen LogP contribution in [0.2, 0.25) is 0 Å². The van der Waals surface area contributed by atoms with E-state index in [1.807, 2.05) is 26.8 Å². The van der Waals surface area contributed by atoms with Gasteiger partial charge in [0.15, 0.2) is 5.76 Å². The van der Waals surface area contributed by atoms with Crippen LogP contribution in [0.3, 0.4) is 0 Å². The molecule has 2 rings (SSSR count). The Kier molecular flexibility index (Phi) is 3.34. The maximum absolute atomic E-state index is 12.0. The predicted octanol–water partition coefficient (Wildman–Crippen LogP) is 3.41. The van der Waals surface area contributed by atoms with E-state index in [0.717, 1.165) is 5.76 Å². The molecule has 0 aliphatic carbocycles. The molecule has 2 aromatic rings. The van der Waals surface area contributed by atoms with Gasteiger partial charge in [0.1, 0.15) is 5.76 Å². The summed E-state index contributed by atoms with van der Waals surface area (Å²) in [4.78, 5) is 12.0. The Bertz CT molecular complexity index is 577. The molecule has 0 radical (unpaired) electrons. The number of carbonyl (C=O) groups excluding carboxylic acids is 1. The van der Waals surface area contributed by atoms with Crippen molar-refractivity contribution in [1.29, 1.82) is 0 Å². The average molecular weight is 258 g/mol. The molecular weight excluding hydrogens is 240 g/mol. The zero-order valence-electron chi connectivity index (χ0n) is 11.4. The van der Waals surface area contributed by atoms with E-state index >= 15 is 0 Å². The molecule has 4 nitrogen and oxygen atoms in total. The molecule has 0 spiro atoms. The third kappa shape index (κ3) is 3.16. The molecule has 0 saturated carbocycles. The number of anilines is 2. The molecule has 19 heavy (non-hydrogen) atoms. The number of rotatable bonds is 2. The van der Waals surface area contributed by atoms with Gasteiger partial charge in [-0.3, -0.25) is 4.79 Å². The van der Waals surface area contributed by atoms with Gasteiger partial charge in [0.05, 0.1) is 0 Å². The van der Waals surface area contributed by atoms with Crippen molar-refractivity contribution in [2.75, 3.05) is 11.1 Å². The van der Waals surface area contributed by atoms with Gasteiger partial charge in [-0.1, -0.05) is 20.8 Å². The molecular formula is C15H18N2O2. The van der Waals surface area contributed by atoms with Crippen molar-refractivity contribution in [1.82, 2.24) is 0 Å². The largest absolute Gasteiger partial charge is 0.455 e. The Morgan fingerprint density at radius 1 is 1.11 bits per heavy atom. The molecule has 1 aromatic heterocycles. The van der Waals surface area contributed by atoms with Crippen molar-refractivity contribution < 1.29 is 9.21 Å². The number of benzene rings is 1. The van der Waals surface area contributed by atoms with E-state index in [-0.39, 0.29) is 11.3 Å². The minimum Gasteiger partial charge on any atom is -0.455 e. The Labute approximate surface area is 112 Å². The van der Waals surface area contributed by atoms with E-state index in [1.165, 1.54) is 0 Å². The van der Waals surface area contributed by atoms with Crippen molar-refractivity contribution >= 4 is 17.3 Å². The van der Waals surface area contributed by atoms with Gasteiger partial charge in [-0.2, -0.15) is 0 Å². The molecule has 0 bridgehead atoms. The highest BCUT2D eigenvalue weighted by molar-refractivity contribution is 6.02. The highest BCUT2D eigenvalue weighted by Gasteiger charge is 2.20. The fourth-order valence-corrected chi connectivity index (χ4v) is 1.62. The van der Waals surface area contributed by atoms with Gasteiger partial charge >= 0.3 is 0 Å². The monoisotopic (exact) mass is 258 g/mol. The third-order valence-corrected chi connectivity index (χ3v) is 2.74. The van der Waals surface area contributed by atoms with Crippen molar-refractivity contribution in [2.24, 2.45) is 0 Å². The van der Waals surface area contributed by atoms with Crippen molar-refractivity contribution in [2.45, 2.75) is 26.2 Å². The van der Waals surface area contributed by atoms with E-state index in [2.05, 4.69) is 5.32 Å². The normalized spacial score (nSPS) is 11.3. The molecule has 0 unspecified atom stereocenters. The van der Waals surface area contributed by atoms with Gasteiger partial charge in [0, 0.05) is 16.8 Å². The molecule has 3 N–H and O–H groups in total. The van der Waals surface area contributed by atoms with Crippen LogP contribution in [0.1, 0.15) is 37.1 Å². The van der Waals surface area contributed by atoms with Crippen LogP contribution in [0.15, 0.2) is 40.8 Å². The molecule has 4 heteroatoms. The van der Waals surface area contributed by atoms with Gasteiger partial charge < -0.3 is 15.5 Å². The third-order valence-electron chi connectivity index (χ3n) is 2.74. The van der Waals surface area contributed by atoms with Crippen LogP contribution in [0, 0.1) is 0 Å². The van der Waals surface area contributed by atoms with Crippen LogP contribution < -0.4 is 11.1 Å². The van der Waals surface area contributed by atoms with E-state index in [4.69, 9.17) is 10.2 Å². The van der Waals surface area contributed by atoms with Crippen LogP contribution in [-0.2, 0) is 5.41 Å². The lowest BCUT2D eigenvalue weighted by molar-refractivity contribution is 0.0993. The van der Waals surface area contributed by atoms with E-state index < -0.39 is 0 Å². The summed E-state index contributed by atoms with van der Waals surface area (Å²) in [6.07, 6.45) is 0. The maximum atomic E-state index is 12.0. The zero-order chi connectivity index (χ0) is 14.0. The van der Waals surface area contributed by atoms with Gasteiger partial charge in [0.25, 0.3) is 5.91 Å². The first-order chi connectivity index (χ1) is 8.86. The summed E-state index contributed by atoms with van der Waals surface area (Å²) in [6.45, 7) is 6.11. The molecule has 1 amide bonds. The Balaban J connectivity index is 2.12. The summed E-state index contributed by atoms with van der Waals surface area (Å²) in [5.74, 6) is 0.831. The van der Waals surface area contributed by atoms with Gasteiger partial charge in [-0.15, -0.1) is 0 Å². The first-order valence-corrected chi connectivity index (χ1v) is 6.13. The topological polar surface area (TPSA) is 68.3 Å². The number of nitrogens with one attached hydrogen (secondary N) is 1. The first kappa shape index (κ1) is 13.2. The Hall–Kier alpha value is -2.23. The van der Waals surface area contributed by atoms with Crippen molar-refractivity contribution in [3.05, 3.63) is 47.9 Å². The van der Waals surface area contributed by atoms with Crippen LogP contribution in [0.5, 0.6) is 0 Å². The number of amides is 1. The molecule has 0 saturated heterocycles. The number of furan rings is 1. The number of carbonyl (C=O) groups is 1. The molecule has 0 aliphatic heterocycles. The second-order valence-electron chi connectivity index (χ2n) is 5.49. The SMILES string of the molecule is CC(C)(C)c1ccc(C(=O)Nc2ccc(N)cc2)o1. The highest BCUT2D eigenvalue weighted by Crippen LogP contribution is 2.24. The second kappa shape index (κ2) is 4.80. The lowest BCUT2D eigenvalue weighted by atomic mass is 9.94. The summed E-state index contributed by atoms with van der Waals surface area (Å²) < 4.78 is 5.57. The fourth-order valence-electron chi connectivity index (χ4n) is 1.62. The quantitative estimate of drug-likeness (QED) is 0.811. The minimum absolute atomic E-state index is 0.111. The smallest absolute Gasteiger partial charge is 0.291 e. The highest BCUT2D eigenvalue weighted by atomic mass is 16.4. The lowest BCUT2D eigenvalue weighted by Gasteiger charge is -2.14. The van der Waals surface area contributed by atoms with Crippen LogP contribution >= 0.6 is 0 Å². The predicted molar refractivity (Wildman–Crippen MR) is 76.2 cm³/mol. The van der Waals surface area contributed by atoms with E-state index in [1.54, 1.807) is 30.3 Å². The fraction of sp³-hybridized carbons (Fsp3) is 0.267. The Morgan fingerprint density at radius 3 is 2.26 bits per heavy atom. The van der Waals surface area contributed by atoms with Crippen LogP contribution in [-0.4, -0.2) is 5.91 Å². The molecule has 1 aromatic carbocycles. The molecule has 100 valence electrons. The second-order valence-corrected chi connectivity index (χ2v) is 5.49. The minimum atomic E-state index is -0.264. The molecule has 1 heterocycles. The van der Waals surface area contributed by atoms with Crippen LogP contribution in [0.4, 0.5) is 11.4 Å². The summed E-state index contributed by atoms with van der Waals surface area (Å²) in [5, 5.41) is 2.76. The van der Waals surface area contributed by atoms with E-state index in [9.17, 15) is 4.79 Å². The summed E-state index contributed by atoms with van der Waals surface area (Å²) in [6, 6.07) is 10.5. The molecule has 0 fully saturated rings. The number of hydrogen-bond donors (Lipinski definition) is 2. The maximum Gasteiger partial charge on any atom is 0.291 e. The van der Waals surface area contributed by atoms with Crippen molar-refractivity contribution in [3.8, 4) is 0 Å². The van der Waals surface area contributed by atoms with E-state index in [0.29, 0.717) is 17.1 Å². The van der Waals surface area contributed by atoms with Gasteiger partial charge in [-0.25, -0.2) is 0 Å². The summed E-state index contributed by atoms with van der Waals surface area (Å²) in [5.41, 5.74) is 6.82. The summed E-state index contributed by atoms with van der Waals surface area (Å²) >= 11 is 0. The number of nitrogen functional groups attached to an aromatic ring is 1. The molecule has 0 atom stereocenters. The Morgan fingerprint density at radius 2 is 1.74 bits per heavy atom. The standard InChI is InChI=1S/C15H18N2O2/c1-15(2,3)13-9-8-12(19-13)14(18)17-11-6-4-10(16)5-7-11/h4-9H,16H2,1-3H3,(H,17,18). The first-order valence-electron chi connectivity index (χ1n) is 6.13. The van der Waals surface area contributed by atoms with Gasteiger partial charge in [0.2, 0.25) is 0 Å². The lowest BCUT2D eigenvalue weighted by Crippen LogP contribution is -2.12. The van der Waals surface area contributed by atoms with Gasteiger partial charge in [-0.05, 0) is 36.4 Å². The zero-order valence-corrected chi connectivity index (χ0v) is 11.4. The summed E-state index contributed by atoms with van der Waals surface area (Å²) in [7, 11) is 0. The number of nitrogens with two attached hydrogens (primary N) is 1. The van der Waals surface area contributed by atoms with Crippen LogP contribution in [0.25, 0.3) is 0 Å². The average Bonchev–Trinajstić information content (AvgIpc) is 2.81. The number of hydrogen-bond acceptors (Lipinski definition) is 3. The molecule has 0 aliphatic rings. The van der Waals surface area contributed by atoms with Crippen molar-refractivity contribution in [3.63, 3.8) is 0 Å².